The Balaban J connectivity index is 1.50. The van der Waals surface area contributed by atoms with Crippen LogP contribution in [0.5, 0.6) is 5.75 Å². The topological polar surface area (TPSA) is 72.6 Å². The number of carbonyl (C=O) groups is 1. The molecule has 0 atom stereocenters. The van der Waals surface area contributed by atoms with Gasteiger partial charge in [0.05, 0.1) is 17.9 Å². The Kier molecular flexibility index (Phi) is 6.66. The molecule has 0 spiro atoms. The zero-order chi connectivity index (χ0) is 16.5. The van der Waals surface area contributed by atoms with E-state index in [-0.39, 0.29) is 5.56 Å². The van der Waals surface area contributed by atoms with Crippen molar-refractivity contribution >= 4 is 5.97 Å². The Bertz CT molecular complexity index is 604. The molecule has 5 heteroatoms. The molecule has 1 aromatic heterocycles. The molecule has 1 aromatic carbocycles. The monoisotopic (exact) mass is 317 g/mol. The number of hydrogen-bond donors (Lipinski definition) is 1. The third-order valence-electron chi connectivity index (χ3n) is 3.61. The minimum Gasteiger partial charge on any atom is -0.494 e. The van der Waals surface area contributed by atoms with E-state index in [4.69, 9.17) is 14.4 Å². The normalized spacial score (nSPS) is 10.7. The zero-order valence-corrected chi connectivity index (χ0v) is 13.5. The van der Waals surface area contributed by atoms with Gasteiger partial charge in [-0.15, -0.1) is 0 Å². The fourth-order valence-electron chi connectivity index (χ4n) is 2.35. The maximum Gasteiger partial charge on any atom is 0.335 e. The minimum atomic E-state index is -0.919. The third kappa shape index (κ3) is 6.14. The average Bonchev–Trinajstić information content (AvgIpc) is 2.96. The highest BCUT2D eigenvalue weighted by Gasteiger charge is 2.02. The number of nitrogens with zero attached hydrogens (tertiary/aromatic N) is 1. The molecular formula is C18H23NO4. The first-order chi connectivity index (χ1) is 11.1. The maximum atomic E-state index is 10.7. The van der Waals surface area contributed by atoms with Crippen LogP contribution in [0.1, 0.15) is 53.9 Å². The first-order valence-electron chi connectivity index (χ1n) is 8.03. The molecule has 23 heavy (non-hydrogen) atoms. The van der Waals surface area contributed by atoms with Crippen molar-refractivity contribution in [2.24, 2.45) is 0 Å². The summed E-state index contributed by atoms with van der Waals surface area (Å²) < 4.78 is 10.8. The smallest absolute Gasteiger partial charge is 0.335 e. The van der Waals surface area contributed by atoms with Crippen molar-refractivity contribution in [3.05, 3.63) is 47.3 Å². The van der Waals surface area contributed by atoms with Crippen LogP contribution >= 0.6 is 0 Å². The van der Waals surface area contributed by atoms with Crippen molar-refractivity contribution in [3.63, 3.8) is 0 Å². The molecule has 0 radical (unpaired) electrons. The van der Waals surface area contributed by atoms with E-state index >= 15 is 0 Å². The van der Waals surface area contributed by atoms with Crippen LogP contribution in [0.2, 0.25) is 0 Å². The molecule has 0 unspecified atom stereocenters. The Morgan fingerprint density at radius 2 is 1.83 bits per heavy atom. The Morgan fingerprint density at radius 1 is 1.13 bits per heavy atom. The quantitative estimate of drug-likeness (QED) is 0.663. The number of unbranched alkanes of at least 4 members (excludes halogenated alkanes) is 4. The largest absolute Gasteiger partial charge is 0.494 e. The highest BCUT2D eigenvalue weighted by Crippen LogP contribution is 2.14. The van der Waals surface area contributed by atoms with Gasteiger partial charge >= 0.3 is 5.97 Å². The molecular weight excluding hydrogens is 294 g/mol. The second kappa shape index (κ2) is 8.98. The van der Waals surface area contributed by atoms with Gasteiger partial charge in [0.25, 0.3) is 0 Å². The molecule has 1 N–H and O–H groups in total. The molecule has 0 bridgehead atoms. The molecule has 0 aliphatic heterocycles. The molecule has 1 heterocycles. The van der Waals surface area contributed by atoms with Gasteiger partial charge in [0.15, 0.2) is 0 Å². The van der Waals surface area contributed by atoms with Crippen LogP contribution in [-0.2, 0) is 6.42 Å². The summed E-state index contributed by atoms with van der Waals surface area (Å²) >= 11 is 0. The van der Waals surface area contributed by atoms with E-state index in [1.165, 1.54) is 12.8 Å². The molecule has 0 saturated carbocycles. The Morgan fingerprint density at radius 3 is 2.48 bits per heavy atom. The van der Waals surface area contributed by atoms with Gasteiger partial charge in [0.1, 0.15) is 11.5 Å². The predicted molar refractivity (Wildman–Crippen MR) is 86.9 cm³/mol. The highest BCUT2D eigenvalue weighted by atomic mass is 16.5. The molecule has 0 aliphatic rings. The molecule has 0 aliphatic carbocycles. The van der Waals surface area contributed by atoms with E-state index in [0.717, 1.165) is 42.9 Å². The average molecular weight is 317 g/mol. The second-order valence-electron chi connectivity index (χ2n) is 5.63. The lowest BCUT2D eigenvalue weighted by atomic mass is 10.1. The molecule has 2 rings (SSSR count). The van der Waals surface area contributed by atoms with E-state index in [1.54, 1.807) is 24.3 Å². The number of rotatable bonds is 10. The van der Waals surface area contributed by atoms with Crippen LogP contribution in [0.4, 0.5) is 0 Å². The summed E-state index contributed by atoms with van der Waals surface area (Å²) in [6.07, 6.45) is 6.55. The number of aromatic carboxylic acids is 1. The van der Waals surface area contributed by atoms with E-state index in [1.807, 2.05) is 13.0 Å². The van der Waals surface area contributed by atoms with Crippen molar-refractivity contribution in [3.8, 4) is 5.75 Å². The standard InChI is InChI=1S/C18H23NO4/c1-14-13-17(23-19-14)7-5-3-2-4-6-12-22-16-10-8-15(9-11-16)18(20)21/h8-11,13H,2-7,12H2,1H3,(H,20,21). The van der Waals surface area contributed by atoms with Crippen LogP contribution in [-0.4, -0.2) is 22.8 Å². The first kappa shape index (κ1) is 17.1. The SMILES string of the molecule is Cc1cc(CCCCCCCOc2ccc(C(=O)O)cc2)on1. The van der Waals surface area contributed by atoms with Crippen molar-refractivity contribution in [2.45, 2.75) is 45.4 Å². The lowest BCUT2D eigenvalue weighted by molar-refractivity contribution is 0.0697. The number of aryl methyl sites for hydroxylation is 2. The van der Waals surface area contributed by atoms with Crippen LogP contribution in [0.25, 0.3) is 0 Å². The number of aromatic nitrogens is 1. The molecule has 0 fully saturated rings. The fourth-order valence-corrected chi connectivity index (χ4v) is 2.35. The number of carboxylic acids is 1. The van der Waals surface area contributed by atoms with E-state index in [2.05, 4.69) is 5.16 Å². The van der Waals surface area contributed by atoms with Crippen LogP contribution < -0.4 is 4.74 Å². The van der Waals surface area contributed by atoms with Gasteiger partial charge in [-0.1, -0.05) is 24.4 Å². The van der Waals surface area contributed by atoms with E-state index in [0.29, 0.717) is 6.61 Å². The second-order valence-corrected chi connectivity index (χ2v) is 5.63. The number of hydrogen-bond acceptors (Lipinski definition) is 4. The van der Waals surface area contributed by atoms with Gasteiger partial charge in [-0.25, -0.2) is 4.79 Å². The zero-order valence-electron chi connectivity index (χ0n) is 13.5. The van der Waals surface area contributed by atoms with Gasteiger partial charge in [0, 0.05) is 12.5 Å². The molecule has 124 valence electrons. The molecule has 0 amide bonds. The van der Waals surface area contributed by atoms with Gasteiger partial charge in [-0.2, -0.15) is 0 Å². The lowest BCUT2D eigenvalue weighted by Crippen LogP contribution is -1.99. The first-order valence-corrected chi connectivity index (χ1v) is 8.03. The van der Waals surface area contributed by atoms with Gasteiger partial charge < -0.3 is 14.4 Å². The van der Waals surface area contributed by atoms with Gasteiger partial charge in [-0.3, -0.25) is 0 Å². The molecule has 2 aromatic rings. The fraction of sp³-hybridized carbons (Fsp3) is 0.444. The molecule has 5 nitrogen and oxygen atoms in total. The lowest BCUT2D eigenvalue weighted by Gasteiger charge is -2.06. The van der Waals surface area contributed by atoms with Crippen molar-refractivity contribution in [1.82, 2.24) is 5.16 Å². The number of ether oxygens (including phenoxy) is 1. The minimum absolute atomic E-state index is 0.277. The van der Waals surface area contributed by atoms with E-state index < -0.39 is 5.97 Å². The Labute approximate surface area is 136 Å². The summed E-state index contributed by atoms with van der Waals surface area (Å²) in [7, 11) is 0. The maximum absolute atomic E-state index is 10.7. The third-order valence-corrected chi connectivity index (χ3v) is 3.61. The van der Waals surface area contributed by atoms with Crippen LogP contribution in [0.15, 0.2) is 34.9 Å². The number of benzene rings is 1. The van der Waals surface area contributed by atoms with Gasteiger partial charge in [0.2, 0.25) is 0 Å². The summed E-state index contributed by atoms with van der Waals surface area (Å²) in [5.41, 5.74) is 1.22. The summed E-state index contributed by atoms with van der Waals surface area (Å²) in [4.78, 5) is 10.7. The van der Waals surface area contributed by atoms with Crippen molar-refractivity contribution in [1.29, 1.82) is 0 Å². The summed E-state index contributed by atoms with van der Waals surface area (Å²) in [5.74, 6) is 0.767. The summed E-state index contributed by atoms with van der Waals surface area (Å²) in [5, 5.41) is 12.7. The van der Waals surface area contributed by atoms with Crippen molar-refractivity contribution < 1.29 is 19.2 Å². The van der Waals surface area contributed by atoms with Crippen LogP contribution in [0.3, 0.4) is 0 Å². The molecule has 0 saturated heterocycles. The number of carboxylic acid groups (broad SMARTS) is 1. The van der Waals surface area contributed by atoms with Crippen LogP contribution in [0, 0.1) is 6.92 Å². The van der Waals surface area contributed by atoms with Crippen molar-refractivity contribution in [2.75, 3.05) is 6.61 Å². The van der Waals surface area contributed by atoms with E-state index in [9.17, 15) is 4.79 Å². The summed E-state index contributed by atoms with van der Waals surface area (Å²) in [6, 6.07) is 8.50. The Hall–Kier alpha value is -2.30. The van der Waals surface area contributed by atoms with Gasteiger partial charge in [-0.05, 0) is 44.0 Å². The summed E-state index contributed by atoms with van der Waals surface area (Å²) in [6.45, 7) is 2.59. The predicted octanol–water partition coefficient (Wildman–Crippen LogP) is 4.25. The highest BCUT2D eigenvalue weighted by molar-refractivity contribution is 5.87.